The fraction of sp³-hybridized carbons (Fsp3) is 0.900. The number of nitriles is 1. The molecule has 3 fully saturated rings. The second kappa shape index (κ2) is 7.46. The van der Waals surface area contributed by atoms with Crippen LogP contribution in [-0.4, -0.2) is 43.8 Å². The second-order valence-electron chi connectivity index (χ2n) is 8.65. The van der Waals surface area contributed by atoms with E-state index in [1.807, 2.05) is 20.8 Å². The van der Waals surface area contributed by atoms with E-state index in [4.69, 9.17) is 18.9 Å². The number of esters is 1. The Hall–Kier alpha value is -1.16. The predicted octanol–water partition coefficient (Wildman–Crippen LogP) is 3.05. The van der Waals surface area contributed by atoms with Crippen LogP contribution in [0.15, 0.2) is 0 Å². The summed E-state index contributed by atoms with van der Waals surface area (Å²) in [6, 6.07) is 2.26. The van der Waals surface area contributed by atoms with Crippen LogP contribution < -0.4 is 0 Å². The minimum absolute atomic E-state index is 0.00583. The molecule has 1 aliphatic heterocycles. The molecule has 0 spiro atoms. The molecule has 0 aromatic rings. The van der Waals surface area contributed by atoms with Gasteiger partial charge < -0.3 is 18.9 Å². The maximum atomic E-state index is 12.5. The second-order valence-corrected chi connectivity index (χ2v) is 8.65. The molecule has 3 rings (SSSR count). The predicted molar refractivity (Wildman–Crippen MR) is 93.9 cm³/mol. The third-order valence-corrected chi connectivity index (χ3v) is 5.79. The molecule has 2 aliphatic carbocycles. The molecular formula is C20H31NO5. The number of fused-ring (bicyclic) bond motifs is 1. The zero-order valence-corrected chi connectivity index (χ0v) is 16.3. The van der Waals surface area contributed by atoms with Gasteiger partial charge >= 0.3 is 5.97 Å². The molecule has 0 N–H and O–H groups in total. The van der Waals surface area contributed by atoms with Crippen molar-refractivity contribution < 1.29 is 23.7 Å². The van der Waals surface area contributed by atoms with Crippen LogP contribution in [0.1, 0.15) is 53.4 Å². The molecule has 146 valence electrons. The van der Waals surface area contributed by atoms with Crippen LogP contribution in [0.2, 0.25) is 0 Å². The highest BCUT2D eigenvalue weighted by molar-refractivity contribution is 5.85. The van der Waals surface area contributed by atoms with Gasteiger partial charge in [-0.25, -0.2) is 0 Å². The number of hydrogen-bond acceptors (Lipinski definition) is 6. The summed E-state index contributed by atoms with van der Waals surface area (Å²) < 4.78 is 23.3. The number of carbonyl (C=O) groups is 1. The number of nitrogens with zero attached hydrogens (tertiary/aromatic N) is 1. The summed E-state index contributed by atoms with van der Waals surface area (Å²) in [6.07, 6.45) is 3.30. The summed E-state index contributed by atoms with van der Waals surface area (Å²) >= 11 is 0. The SMILES string of the molecule is CCOC(=O)[C@]1(C#N)[C@H]2[C@H](OC3CCCCO3)[C@@H](COC(C)(C)C)C[C@H]21. The van der Waals surface area contributed by atoms with Gasteiger partial charge in [0.25, 0.3) is 0 Å². The number of rotatable bonds is 6. The lowest BCUT2D eigenvalue weighted by molar-refractivity contribution is -0.208. The molecular weight excluding hydrogens is 334 g/mol. The number of ether oxygens (including phenoxy) is 4. The topological polar surface area (TPSA) is 77.8 Å². The van der Waals surface area contributed by atoms with E-state index in [0.29, 0.717) is 13.2 Å². The molecule has 6 heteroatoms. The zero-order valence-electron chi connectivity index (χ0n) is 16.3. The Balaban J connectivity index is 1.73. The molecule has 1 unspecified atom stereocenters. The third-order valence-electron chi connectivity index (χ3n) is 5.79. The highest BCUT2D eigenvalue weighted by Crippen LogP contribution is 2.69. The average molecular weight is 365 g/mol. The first kappa shape index (κ1) is 19.6. The highest BCUT2D eigenvalue weighted by Gasteiger charge is 2.78. The molecule has 2 saturated carbocycles. The molecule has 6 atom stereocenters. The fourth-order valence-electron chi connectivity index (χ4n) is 4.51. The Morgan fingerprint density at radius 3 is 2.69 bits per heavy atom. The van der Waals surface area contributed by atoms with Crippen molar-refractivity contribution in [3.63, 3.8) is 0 Å². The minimum atomic E-state index is -1.05. The summed E-state index contributed by atoms with van der Waals surface area (Å²) in [5.41, 5.74) is -1.28. The van der Waals surface area contributed by atoms with E-state index in [9.17, 15) is 10.1 Å². The van der Waals surface area contributed by atoms with E-state index in [1.165, 1.54) is 0 Å². The van der Waals surface area contributed by atoms with Gasteiger partial charge in [-0.05, 0) is 59.3 Å². The molecule has 0 radical (unpaired) electrons. The van der Waals surface area contributed by atoms with Gasteiger partial charge in [-0.15, -0.1) is 0 Å². The molecule has 3 aliphatic rings. The van der Waals surface area contributed by atoms with E-state index in [2.05, 4.69) is 6.07 Å². The summed E-state index contributed by atoms with van der Waals surface area (Å²) in [4.78, 5) is 12.5. The lowest BCUT2D eigenvalue weighted by atomic mass is 9.89. The van der Waals surface area contributed by atoms with Gasteiger partial charge in [0, 0.05) is 18.4 Å². The standard InChI is InChI=1S/C20H31NO5/c1-5-23-18(22)20(12-21)14-10-13(11-25-19(2,3)4)17(16(14)20)26-15-8-6-7-9-24-15/h13-17H,5-11H2,1-4H3/t13-,14-,15?,16-,17-,20+/m1/s1. The molecule has 0 aromatic carbocycles. The van der Waals surface area contributed by atoms with Crippen molar-refractivity contribution in [3.05, 3.63) is 0 Å². The maximum Gasteiger partial charge on any atom is 0.327 e. The number of hydrogen-bond donors (Lipinski definition) is 0. The van der Waals surface area contributed by atoms with E-state index in [1.54, 1.807) is 6.92 Å². The van der Waals surface area contributed by atoms with Gasteiger partial charge in [-0.3, -0.25) is 4.79 Å². The number of carbonyl (C=O) groups excluding carboxylic acids is 1. The van der Waals surface area contributed by atoms with Gasteiger partial charge in [-0.2, -0.15) is 5.26 Å². The summed E-state index contributed by atoms with van der Waals surface area (Å²) in [6.45, 7) is 9.41. The highest BCUT2D eigenvalue weighted by atomic mass is 16.7. The Morgan fingerprint density at radius 2 is 2.12 bits per heavy atom. The van der Waals surface area contributed by atoms with Crippen LogP contribution in [0.4, 0.5) is 0 Å². The van der Waals surface area contributed by atoms with Crippen LogP contribution >= 0.6 is 0 Å². The molecule has 0 aromatic heterocycles. The maximum absolute atomic E-state index is 12.5. The summed E-state index contributed by atoms with van der Waals surface area (Å²) in [5, 5.41) is 9.76. The van der Waals surface area contributed by atoms with Gasteiger partial charge in [0.2, 0.25) is 0 Å². The summed E-state index contributed by atoms with van der Waals surface area (Å²) in [5.74, 6) is -0.351. The van der Waals surface area contributed by atoms with Gasteiger partial charge in [0.1, 0.15) is 0 Å². The molecule has 1 saturated heterocycles. The quantitative estimate of drug-likeness (QED) is 0.673. The fourth-order valence-corrected chi connectivity index (χ4v) is 4.51. The minimum Gasteiger partial charge on any atom is -0.465 e. The Kier molecular flexibility index (Phi) is 5.62. The molecule has 26 heavy (non-hydrogen) atoms. The third kappa shape index (κ3) is 3.62. The first-order valence-corrected chi connectivity index (χ1v) is 9.83. The van der Waals surface area contributed by atoms with Crippen LogP contribution in [-0.2, 0) is 23.7 Å². The van der Waals surface area contributed by atoms with Crippen molar-refractivity contribution >= 4 is 5.97 Å². The van der Waals surface area contributed by atoms with Crippen molar-refractivity contribution in [3.8, 4) is 6.07 Å². The Bertz CT molecular complexity index is 560. The van der Waals surface area contributed by atoms with Crippen molar-refractivity contribution in [2.75, 3.05) is 19.8 Å². The van der Waals surface area contributed by atoms with Crippen molar-refractivity contribution in [1.82, 2.24) is 0 Å². The van der Waals surface area contributed by atoms with Gasteiger partial charge in [0.05, 0.1) is 31.0 Å². The normalized spacial score (nSPS) is 39.1. The van der Waals surface area contributed by atoms with Crippen molar-refractivity contribution in [2.45, 2.75) is 71.4 Å². The van der Waals surface area contributed by atoms with Crippen molar-refractivity contribution in [2.24, 2.45) is 23.2 Å². The monoisotopic (exact) mass is 365 g/mol. The lowest BCUT2D eigenvalue weighted by Gasteiger charge is -2.33. The van der Waals surface area contributed by atoms with Crippen LogP contribution in [0.3, 0.4) is 0 Å². The lowest BCUT2D eigenvalue weighted by Crippen LogP contribution is -2.39. The first-order valence-electron chi connectivity index (χ1n) is 9.83. The molecule has 0 amide bonds. The van der Waals surface area contributed by atoms with E-state index in [-0.39, 0.29) is 42.4 Å². The van der Waals surface area contributed by atoms with Crippen LogP contribution in [0.5, 0.6) is 0 Å². The smallest absolute Gasteiger partial charge is 0.327 e. The van der Waals surface area contributed by atoms with Crippen LogP contribution in [0, 0.1) is 34.5 Å². The van der Waals surface area contributed by atoms with Crippen molar-refractivity contribution in [1.29, 1.82) is 5.26 Å². The van der Waals surface area contributed by atoms with E-state index in [0.717, 1.165) is 25.7 Å². The van der Waals surface area contributed by atoms with Gasteiger partial charge in [-0.1, -0.05) is 0 Å². The average Bonchev–Trinajstić information content (AvgIpc) is 3.11. The Labute approximate surface area is 156 Å². The van der Waals surface area contributed by atoms with E-state index >= 15 is 0 Å². The van der Waals surface area contributed by atoms with Gasteiger partial charge in [0.15, 0.2) is 11.7 Å². The Morgan fingerprint density at radius 1 is 1.35 bits per heavy atom. The first-order chi connectivity index (χ1) is 12.3. The largest absolute Gasteiger partial charge is 0.465 e. The zero-order chi connectivity index (χ0) is 18.9. The molecule has 1 heterocycles. The van der Waals surface area contributed by atoms with Crippen LogP contribution in [0.25, 0.3) is 0 Å². The summed E-state index contributed by atoms with van der Waals surface area (Å²) in [7, 11) is 0. The molecule has 6 nitrogen and oxygen atoms in total. The van der Waals surface area contributed by atoms with E-state index < -0.39 is 11.4 Å². The molecule has 0 bridgehead atoms.